The lowest BCUT2D eigenvalue weighted by Gasteiger charge is -2.09. The molecular formula is C40H72N2O4. The minimum absolute atomic E-state index is 0.143. The zero-order chi connectivity index (χ0) is 33.8. The quantitative estimate of drug-likeness (QED) is 0.0502. The Labute approximate surface area is 284 Å². The van der Waals surface area contributed by atoms with Crippen molar-refractivity contribution < 1.29 is 19.1 Å². The van der Waals surface area contributed by atoms with E-state index in [1.165, 1.54) is 116 Å². The van der Waals surface area contributed by atoms with Crippen LogP contribution in [0.15, 0.2) is 0 Å². The third kappa shape index (κ3) is 31.9. The lowest BCUT2D eigenvalue weighted by atomic mass is 9.95. The van der Waals surface area contributed by atoms with E-state index in [9.17, 15) is 20.1 Å². The summed E-state index contributed by atoms with van der Waals surface area (Å²) in [6, 6.07) is 4.99. The molecule has 46 heavy (non-hydrogen) atoms. The van der Waals surface area contributed by atoms with Crippen LogP contribution in [0.25, 0.3) is 0 Å². The lowest BCUT2D eigenvalue weighted by molar-refractivity contribution is -0.152. The van der Waals surface area contributed by atoms with Gasteiger partial charge in [0.25, 0.3) is 0 Å². The number of esters is 2. The van der Waals surface area contributed by atoms with E-state index < -0.39 is 0 Å². The van der Waals surface area contributed by atoms with Crippen LogP contribution in [0.2, 0.25) is 0 Å². The molecule has 0 saturated heterocycles. The van der Waals surface area contributed by atoms with Crippen molar-refractivity contribution in [1.29, 1.82) is 10.5 Å². The minimum atomic E-state index is -0.204. The number of nitrogens with zero attached hydrogens (tertiary/aromatic N) is 2. The fourth-order valence-electron chi connectivity index (χ4n) is 6.08. The Morgan fingerprint density at radius 3 is 0.978 bits per heavy atom. The molecule has 0 bridgehead atoms. The summed E-state index contributed by atoms with van der Waals surface area (Å²) in [6.45, 7) is 4.72. The first-order valence-corrected chi connectivity index (χ1v) is 19.7. The number of carbonyl (C=O) groups excluding carboxylic acids is 2. The van der Waals surface area contributed by atoms with Crippen LogP contribution in [0.3, 0.4) is 0 Å². The fraction of sp³-hybridized carbons (Fsp3) is 0.900. The Kier molecular flexibility index (Phi) is 34.2. The third-order valence-corrected chi connectivity index (χ3v) is 9.15. The van der Waals surface area contributed by atoms with Gasteiger partial charge in [0.2, 0.25) is 0 Å². The summed E-state index contributed by atoms with van der Waals surface area (Å²) in [5, 5.41) is 18.7. The van der Waals surface area contributed by atoms with Crippen molar-refractivity contribution in [3.63, 3.8) is 0 Å². The van der Waals surface area contributed by atoms with Gasteiger partial charge in [0.15, 0.2) is 0 Å². The van der Waals surface area contributed by atoms with Crippen molar-refractivity contribution in [1.82, 2.24) is 0 Å². The molecule has 0 fully saturated rings. The predicted octanol–water partition coefficient (Wildman–Crippen LogP) is 12.1. The molecule has 0 N–H and O–H groups in total. The zero-order valence-electron chi connectivity index (χ0n) is 30.3. The maximum Gasteiger partial charge on any atom is 0.305 e. The lowest BCUT2D eigenvalue weighted by Crippen LogP contribution is -2.13. The van der Waals surface area contributed by atoms with E-state index >= 15 is 0 Å². The molecule has 0 aromatic heterocycles. The van der Waals surface area contributed by atoms with E-state index in [-0.39, 0.29) is 37.0 Å². The Balaban J connectivity index is 3.44. The minimum Gasteiger partial charge on any atom is -0.462 e. The van der Waals surface area contributed by atoms with Crippen LogP contribution in [0.1, 0.15) is 206 Å². The number of carbonyl (C=O) groups is 2. The van der Waals surface area contributed by atoms with Crippen molar-refractivity contribution in [3.05, 3.63) is 0 Å². The number of unbranched alkanes of at least 4 members (excludes halogenated alkanes) is 20. The van der Waals surface area contributed by atoms with Gasteiger partial charge in [0, 0.05) is 24.7 Å². The highest BCUT2D eigenvalue weighted by Crippen LogP contribution is 2.20. The van der Waals surface area contributed by atoms with Gasteiger partial charge in [-0.25, -0.2) is 0 Å². The molecular weight excluding hydrogens is 572 g/mol. The maximum atomic E-state index is 11.9. The highest BCUT2D eigenvalue weighted by Gasteiger charge is 2.09. The predicted molar refractivity (Wildman–Crippen MR) is 190 cm³/mol. The first-order chi connectivity index (χ1) is 22.6. The molecule has 0 aliphatic carbocycles. The molecule has 2 unspecified atom stereocenters. The average molecular weight is 645 g/mol. The Bertz CT molecular complexity index is 708. The summed E-state index contributed by atoms with van der Waals surface area (Å²) in [5.74, 6) is 0.0843. The summed E-state index contributed by atoms with van der Waals surface area (Å²) in [4.78, 5) is 23.9. The average Bonchev–Trinajstić information content (AvgIpc) is 3.06. The molecule has 0 amide bonds. The second-order valence-electron chi connectivity index (χ2n) is 13.5. The molecule has 0 saturated carbocycles. The molecule has 6 heteroatoms. The molecule has 0 aromatic rings. The van der Waals surface area contributed by atoms with Crippen LogP contribution >= 0.6 is 0 Å². The maximum absolute atomic E-state index is 11.9. The topological polar surface area (TPSA) is 100 Å². The van der Waals surface area contributed by atoms with E-state index in [2.05, 4.69) is 26.0 Å². The molecule has 0 aliphatic rings. The van der Waals surface area contributed by atoms with Gasteiger partial charge in [-0.1, -0.05) is 155 Å². The first kappa shape index (κ1) is 43.9. The smallest absolute Gasteiger partial charge is 0.305 e. The molecule has 0 aliphatic heterocycles. The zero-order valence-corrected chi connectivity index (χ0v) is 30.3. The standard InChI is InChI=1S/C40H72N2O4/c1-3-5-7-21-27-37(35-41)29-23-17-13-9-11-15-19-25-31-39(43)45-33-34-46-40(44)32-26-20-16-12-10-14-18-24-30-38(36-42)28-22-8-6-4-2/h37-38H,3-34H2,1-2H3. The highest BCUT2D eigenvalue weighted by molar-refractivity contribution is 5.70. The van der Waals surface area contributed by atoms with Crippen LogP contribution in [0, 0.1) is 34.5 Å². The second-order valence-corrected chi connectivity index (χ2v) is 13.5. The van der Waals surface area contributed by atoms with Gasteiger partial charge in [0.05, 0.1) is 12.1 Å². The van der Waals surface area contributed by atoms with E-state index in [1.54, 1.807) is 0 Å². The van der Waals surface area contributed by atoms with Crippen molar-refractivity contribution >= 4 is 11.9 Å². The Hall–Kier alpha value is -2.08. The summed E-state index contributed by atoms with van der Waals surface area (Å²) < 4.78 is 10.4. The largest absolute Gasteiger partial charge is 0.462 e. The molecule has 266 valence electrons. The summed E-state index contributed by atoms with van der Waals surface area (Å²) in [6.07, 6.45) is 33.3. The number of hydrogen-bond donors (Lipinski definition) is 0. The number of nitriles is 2. The van der Waals surface area contributed by atoms with Gasteiger partial charge in [-0.3, -0.25) is 9.59 Å². The van der Waals surface area contributed by atoms with Gasteiger partial charge in [-0.2, -0.15) is 10.5 Å². The molecule has 6 nitrogen and oxygen atoms in total. The van der Waals surface area contributed by atoms with Crippen LogP contribution in [-0.4, -0.2) is 25.2 Å². The van der Waals surface area contributed by atoms with E-state index in [0.29, 0.717) is 12.8 Å². The van der Waals surface area contributed by atoms with Crippen LogP contribution in [-0.2, 0) is 19.1 Å². The highest BCUT2D eigenvalue weighted by atomic mass is 16.6. The van der Waals surface area contributed by atoms with Crippen molar-refractivity contribution in [2.24, 2.45) is 11.8 Å². The number of rotatable bonds is 35. The van der Waals surface area contributed by atoms with Crippen LogP contribution in [0.5, 0.6) is 0 Å². The van der Waals surface area contributed by atoms with Crippen LogP contribution in [0.4, 0.5) is 0 Å². The van der Waals surface area contributed by atoms with Gasteiger partial charge < -0.3 is 9.47 Å². The summed E-state index contributed by atoms with van der Waals surface area (Å²) >= 11 is 0. The normalized spacial score (nSPS) is 12.3. The second kappa shape index (κ2) is 35.8. The molecule has 2 atom stereocenters. The summed E-state index contributed by atoms with van der Waals surface area (Å²) in [7, 11) is 0. The SMILES string of the molecule is CCCCCCC(C#N)CCCCCCCCCCC(=O)OCCOC(=O)CCCCCCCCCCC(C#N)CCCCCC. The molecule has 0 radical (unpaired) electrons. The molecule has 0 heterocycles. The van der Waals surface area contributed by atoms with Crippen molar-refractivity contribution in [2.45, 2.75) is 206 Å². The van der Waals surface area contributed by atoms with Crippen molar-refractivity contribution in [3.8, 4) is 12.1 Å². The van der Waals surface area contributed by atoms with Crippen molar-refractivity contribution in [2.75, 3.05) is 13.2 Å². The third-order valence-electron chi connectivity index (χ3n) is 9.15. The monoisotopic (exact) mass is 645 g/mol. The molecule has 0 aromatic carbocycles. The summed E-state index contributed by atoms with van der Waals surface area (Å²) in [5.41, 5.74) is 0. The van der Waals surface area contributed by atoms with Crippen LogP contribution < -0.4 is 0 Å². The molecule has 0 rings (SSSR count). The van der Waals surface area contributed by atoms with Gasteiger partial charge in [0.1, 0.15) is 13.2 Å². The van der Waals surface area contributed by atoms with Gasteiger partial charge in [-0.15, -0.1) is 0 Å². The Morgan fingerprint density at radius 1 is 0.435 bits per heavy atom. The molecule has 0 spiro atoms. The number of ether oxygens (including phenoxy) is 2. The van der Waals surface area contributed by atoms with E-state index in [4.69, 9.17) is 9.47 Å². The number of hydrogen-bond acceptors (Lipinski definition) is 6. The fourth-order valence-corrected chi connectivity index (χ4v) is 6.08. The Morgan fingerprint density at radius 2 is 0.696 bits per heavy atom. The van der Waals surface area contributed by atoms with Gasteiger partial charge >= 0.3 is 11.9 Å². The van der Waals surface area contributed by atoms with E-state index in [0.717, 1.165) is 64.2 Å². The first-order valence-electron chi connectivity index (χ1n) is 19.7. The van der Waals surface area contributed by atoms with E-state index in [1.807, 2.05) is 0 Å². The van der Waals surface area contributed by atoms with Gasteiger partial charge in [-0.05, 0) is 38.5 Å².